The zero-order chi connectivity index (χ0) is 14.5. The fourth-order valence-electron chi connectivity index (χ4n) is 1.62. The fraction of sp³-hybridized carbons (Fsp3) is 0.0714. The van der Waals surface area contributed by atoms with Gasteiger partial charge in [0.2, 0.25) is 0 Å². The summed E-state index contributed by atoms with van der Waals surface area (Å²) >= 11 is 5.71. The first kappa shape index (κ1) is 14.0. The molecule has 6 heteroatoms. The quantitative estimate of drug-likeness (QED) is 0.847. The summed E-state index contributed by atoms with van der Waals surface area (Å²) in [5.74, 6) is -1.37. The molecule has 0 spiro atoms. The van der Waals surface area contributed by atoms with E-state index in [1.165, 1.54) is 12.1 Å². The highest BCUT2D eigenvalue weighted by molar-refractivity contribution is 6.29. The number of amides is 1. The van der Waals surface area contributed by atoms with Crippen LogP contribution in [0.3, 0.4) is 0 Å². The molecule has 5 nitrogen and oxygen atoms in total. The van der Waals surface area contributed by atoms with E-state index in [9.17, 15) is 9.59 Å². The van der Waals surface area contributed by atoms with Crippen LogP contribution in [0, 0.1) is 0 Å². The Bertz CT molecular complexity index is 658. The fourth-order valence-corrected chi connectivity index (χ4v) is 1.79. The van der Waals surface area contributed by atoms with Crippen LogP contribution in [0.5, 0.6) is 0 Å². The van der Waals surface area contributed by atoms with Crippen molar-refractivity contribution in [2.75, 3.05) is 0 Å². The predicted molar refractivity (Wildman–Crippen MR) is 73.8 cm³/mol. The van der Waals surface area contributed by atoms with Crippen LogP contribution in [-0.2, 0) is 6.54 Å². The number of carboxylic acid groups (broad SMARTS) is 1. The Morgan fingerprint density at radius 2 is 1.95 bits per heavy atom. The maximum atomic E-state index is 11.8. The van der Waals surface area contributed by atoms with Crippen LogP contribution in [0.1, 0.15) is 26.4 Å². The number of halogens is 1. The molecule has 102 valence electrons. The normalized spacial score (nSPS) is 10.1. The molecule has 0 aliphatic heterocycles. The Labute approximate surface area is 120 Å². The standard InChI is InChI=1S/C14H11ClN2O3/c15-12-6-2-5-11(17-12)13(18)16-8-9-3-1-4-10(7-9)14(19)20/h1-7H,8H2,(H,16,18)(H,19,20). The third-order valence-electron chi connectivity index (χ3n) is 2.57. The van der Waals surface area contributed by atoms with E-state index in [2.05, 4.69) is 10.3 Å². The van der Waals surface area contributed by atoms with Crippen molar-refractivity contribution in [3.05, 3.63) is 64.4 Å². The van der Waals surface area contributed by atoms with Gasteiger partial charge in [0.15, 0.2) is 0 Å². The van der Waals surface area contributed by atoms with Crippen LogP contribution in [0.25, 0.3) is 0 Å². The van der Waals surface area contributed by atoms with E-state index in [-0.39, 0.29) is 28.9 Å². The van der Waals surface area contributed by atoms with Crippen LogP contribution in [0.4, 0.5) is 0 Å². The van der Waals surface area contributed by atoms with Gasteiger partial charge < -0.3 is 10.4 Å². The van der Waals surface area contributed by atoms with Gasteiger partial charge in [-0.2, -0.15) is 0 Å². The Morgan fingerprint density at radius 1 is 1.20 bits per heavy atom. The lowest BCUT2D eigenvalue weighted by Gasteiger charge is -2.06. The van der Waals surface area contributed by atoms with Crippen LogP contribution in [0.2, 0.25) is 5.15 Å². The second kappa shape index (κ2) is 6.16. The van der Waals surface area contributed by atoms with Crippen LogP contribution in [-0.4, -0.2) is 22.0 Å². The third kappa shape index (κ3) is 3.55. The number of hydrogen-bond acceptors (Lipinski definition) is 3. The Hall–Kier alpha value is -2.40. The largest absolute Gasteiger partial charge is 0.478 e. The number of rotatable bonds is 4. The molecular formula is C14H11ClN2O3. The third-order valence-corrected chi connectivity index (χ3v) is 2.79. The van der Waals surface area contributed by atoms with Crippen molar-refractivity contribution < 1.29 is 14.7 Å². The molecule has 0 radical (unpaired) electrons. The highest BCUT2D eigenvalue weighted by atomic mass is 35.5. The van der Waals surface area contributed by atoms with Crippen molar-refractivity contribution in [3.8, 4) is 0 Å². The second-order valence-corrected chi connectivity index (χ2v) is 4.42. The van der Waals surface area contributed by atoms with Crippen LogP contribution >= 0.6 is 11.6 Å². The summed E-state index contributed by atoms with van der Waals surface area (Å²) in [5.41, 5.74) is 1.09. The Morgan fingerprint density at radius 3 is 2.65 bits per heavy atom. The zero-order valence-electron chi connectivity index (χ0n) is 10.3. The van der Waals surface area contributed by atoms with Gasteiger partial charge in [0, 0.05) is 6.54 Å². The first-order valence-corrected chi connectivity index (χ1v) is 6.17. The van der Waals surface area contributed by atoms with E-state index in [1.54, 1.807) is 30.3 Å². The molecule has 0 atom stereocenters. The summed E-state index contributed by atoms with van der Waals surface area (Å²) in [6.07, 6.45) is 0. The number of nitrogens with zero attached hydrogens (tertiary/aromatic N) is 1. The summed E-state index contributed by atoms with van der Waals surface area (Å²) in [4.78, 5) is 26.6. The van der Waals surface area contributed by atoms with Gasteiger partial charge in [-0.05, 0) is 29.8 Å². The molecule has 0 saturated carbocycles. The average molecular weight is 291 g/mol. The van der Waals surface area contributed by atoms with Crippen LogP contribution in [0.15, 0.2) is 42.5 Å². The molecule has 1 heterocycles. The van der Waals surface area contributed by atoms with Gasteiger partial charge in [0.1, 0.15) is 10.8 Å². The van der Waals surface area contributed by atoms with Gasteiger partial charge in [0.25, 0.3) is 5.91 Å². The maximum absolute atomic E-state index is 11.8. The SMILES string of the molecule is O=C(O)c1cccc(CNC(=O)c2cccc(Cl)n2)c1. The Kier molecular flexibility index (Phi) is 4.32. The molecule has 1 aromatic heterocycles. The number of hydrogen-bond donors (Lipinski definition) is 2. The van der Waals surface area contributed by atoms with Gasteiger partial charge in [0.05, 0.1) is 5.56 Å². The van der Waals surface area contributed by atoms with Crippen molar-refractivity contribution in [1.82, 2.24) is 10.3 Å². The smallest absolute Gasteiger partial charge is 0.335 e. The average Bonchev–Trinajstić information content (AvgIpc) is 2.45. The highest BCUT2D eigenvalue weighted by Crippen LogP contribution is 2.07. The molecule has 2 N–H and O–H groups in total. The molecule has 2 rings (SSSR count). The monoisotopic (exact) mass is 290 g/mol. The summed E-state index contributed by atoms with van der Waals surface area (Å²) in [6, 6.07) is 11.1. The Balaban J connectivity index is 2.03. The molecule has 0 saturated heterocycles. The molecule has 0 aliphatic rings. The zero-order valence-corrected chi connectivity index (χ0v) is 11.1. The van der Waals surface area contributed by atoms with Gasteiger partial charge >= 0.3 is 5.97 Å². The molecule has 0 fully saturated rings. The van der Waals surface area contributed by atoms with E-state index >= 15 is 0 Å². The molecular weight excluding hydrogens is 280 g/mol. The second-order valence-electron chi connectivity index (χ2n) is 4.03. The topological polar surface area (TPSA) is 79.3 Å². The number of aromatic carboxylic acids is 1. The first-order chi connectivity index (χ1) is 9.56. The van der Waals surface area contributed by atoms with Gasteiger partial charge in [-0.3, -0.25) is 4.79 Å². The number of nitrogens with one attached hydrogen (secondary N) is 1. The van der Waals surface area contributed by atoms with E-state index in [0.29, 0.717) is 5.56 Å². The van der Waals surface area contributed by atoms with Crippen molar-refractivity contribution in [2.24, 2.45) is 0 Å². The van der Waals surface area contributed by atoms with E-state index in [0.717, 1.165) is 0 Å². The van der Waals surface area contributed by atoms with Gasteiger partial charge in [-0.25, -0.2) is 9.78 Å². The summed E-state index contributed by atoms with van der Waals surface area (Å²) in [7, 11) is 0. The molecule has 2 aromatic rings. The van der Waals surface area contributed by atoms with E-state index in [1.807, 2.05) is 0 Å². The first-order valence-electron chi connectivity index (χ1n) is 5.79. The summed E-state index contributed by atoms with van der Waals surface area (Å²) < 4.78 is 0. The lowest BCUT2D eigenvalue weighted by Crippen LogP contribution is -2.23. The molecule has 0 bridgehead atoms. The number of aromatic nitrogens is 1. The van der Waals surface area contributed by atoms with E-state index in [4.69, 9.17) is 16.7 Å². The van der Waals surface area contributed by atoms with Crippen molar-refractivity contribution in [2.45, 2.75) is 6.54 Å². The summed E-state index contributed by atoms with van der Waals surface area (Å²) in [6.45, 7) is 0.216. The lowest BCUT2D eigenvalue weighted by atomic mass is 10.1. The minimum absolute atomic E-state index is 0.178. The minimum atomic E-state index is -1.00. The van der Waals surface area contributed by atoms with Gasteiger partial charge in [-0.15, -0.1) is 0 Å². The highest BCUT2D eigenvalue weighted by Gasteiger charge is 2.08. The number of carbonyl (C=O) groups is 2. The van der Waals surface area contributed by atoms with Crippen molar-refractivity contribution in [1.29, 1.82) is 0 Å². The van der Waals surface area contributed by atoms with E-state index < -0.39 is 5.97 Å². The molecule has 0 unspecified atom stereocenters. The predicted octanol–water partition coefficient (Wildman–Crippen LogP) is 2.36. The molecule has 20 heavy (non-hydrogen) atoms. The van der Waals surface area contributed by atoms with Crippen molar-refractivity contribution in [3.63, 3.8) is 0 Å². The number of benzene rings is 1. The molecule has 0 aliphatic carbocycles. The lowest BCUT2D eigenvalue weighted by molar-refractivity contribution is 0.0696. The number of carboxylic acids is 1. The molecule has 1 aromatic carbocycles. The van der Waals surface area contributed by atoms with Crippen LogP contribution < -0.4 is 5.32 Å². The molecule has 1 amide bonds. The maximum Gasteiger partial charge on any atom is 0.335 e. The number of carbonyl (C=O) groups excluding carboxylic acids is 1. The number of pyridine rings is 1. The van der Waals surface area contributed by atoms with Gasteiger partial charge in [-0.1, -0.05) is 29.8 Å². The summed E-state index contributed by atoms with van der Waals surface area (Å²) in [5, 5.41) is 11.8. The van der Waals surface area contributed by atoms with Crippen molar-refractivity contribution >= 4 is 23.5 Å². The minimum Gasteiger partial charge on any atom is -0.478 e.